The van der Waals surface area contributed by atoms with Crippen LogP contribution in [0.1, 0.15) is 42.6 Å². The van der Waals surface area contributed by atoms with Gasteiger partial charge in [-0.2, -0.15) is 5.10 Å². The van der Waals surface area contributed by atoms with Crippen molar-refractivity contribution in [3.8, 4) is 0 Å². The van der Waals surface area contributed by atoms with Crippen molar-refractivity contribution in [2.45, 2.75) is 44.4 Å². The molecule has 1 unspecified atom stereocenters. The van der Waals surface area contributed by atoms with Crippen LogP contribution in [0.25, 0.3) is 0 Å². The van der Waals surface area contributed by atoms with Crippen molar-refractivity contribution >= 4 is 23.5 Å². The van der Waals surface area contributed by atoms with Crippen LogP contribution in [0.5, 0.6) is 0 Å². The first-order valence-corrected chi connectivity index (χ1v) is 9.39. The molecule has 1 fully saturated rings. The Morgan fingerprint density at radius 2 is 1.87 bits per heavy atom. The van der Waals surface area contributed by atoms with Gasteiger partial charge >= 0.3 is 0 Å². The maximum Gasteiger partial charge on any atom is 0.0743 e. The summed E-state index contributed by atoms with van der Waals surface area (Å²) in [6, 6.07) is 8.35. The van der Waals surface area contributed by atoms with E-state index in [0.29, 0.717) is 5.92 Å². The number of piperidine rings is 1. The van der Waals surface area contributed by atoms with Gasteiger partial charge in [0.05, 0.1) is 10.6 Å². The molecule has 0 amide bonds. The zero-order valence-electron chi connectivity index (χ0n) is 14.0. The summed E-state index contributed by atoms with van der Waals surface area (Å²) in [5.41, 5.74) is 3.68. The van der Waals surface area contributed by atoms with Crippen molar-refractivity contribution in [2.24, 2.45) is 5.92 Å². The Morgan fingerprint density at radius 3 is 2.43 bits per heavy atom. The van der Waals surface area contributed by atoms with Gasteiger partial charge in [0.2, 0.25) is 0 Å². The number of benzene rings is 1. The van der Waals surface area contributed by atoms with Crippen molar-refractivity contribution in [2.75, 3.05) is 13.1 Å². The molecule has 2 heterocycles. The molecule has 1 aliphatic heterocycles. The van der Waals surface area contributed by atoms with E-state index in [4.69, 9.17) is 11.6 Å². The van der Waals surface area contributed by atoms with Crippen LogP contribution in [0, 0.1) is 19.8 Å². The van der Waals surface area contributed by atoms with Gasteiger partial charge in [0, 0.05) is 23.8 Å². The molecular weight excluding hydrogens is 326 g/mol. The highest BCUT2D eigenvalue weighted by Gasteiger charge is 2.26. The minimum absolute atomic E-state index is 0.594. The van der Waals surface area contributed by atoms with E-state index in [0.717, 1.165) is 29.7 Å². The molecule has 23 heavy (non-hydrogen) atoms. The van der Waals surface area contributed by atoms with E-state index >= 15 is 0 Å². The molecule has 124 valence electrons. The number of hydrogen-bond donors (Lipinski definition) is 1. The average molecular weight is 350 g/mol. The van der Waals surface area contributed by atoms with Crippen LogP contribution in [0.3, 0.4) is 0 Å². The molecular formula is C18H24ClN3S. The third-order valence-electron chi connectivity index (χ3n) is 4.88. The Labute approximate surface area is 147 Å². The molecule has 0 radical (unpaired) electrons. The van der Waals surface area contributed by atoms with Gasteiger partial charge in [-0.1, -0.05) is 30.7 Å². The first kappa shape index (κ1) is 16.9. The van der Waals surface area contributed by atoms with Gasteiger partial charge < -0.3 is 0 Å². The van der Waals surface area contributed by atoms with E-state index in [1.807, 2.05) is 24.1 Å². The van der Waals surface area contributed by atoms with E-state index in [9.17, 15) is 0 Å². The third kappa shape index (κ3) is 3.93. The van der Waals surface area contributed by atoms with E-state index in [1.165, 1.54) is 29.0 Å². The lowest BCUT2D eigenvalue weighted by Gasteiger charge is -2.34. The molecule has 3 rings (SSSR count). The second-order valence-electron chi connectivity index (χ2n) is 6.46. The first-order chi connectivity index (χ1) is 11.0. The fourth-order valence-electron chi connectivity index (χ4n) is 3.31. The third-order valence-corrected chi connectivity index (χ3v) is 6.54. The van der Waals surface area contributed by atoms with Crippen molar-refractivity contribution < 1.29 is 0 Å². The van der Waals surface area contributed by atoms with E-state index < -0.39 is 0 Å². The summed E-state index contributed by atoms with van der Waals surface area (Å²) < 4.78 is 2.48. The van der Waals surface area contributed by atoms with Crippen molar-refractivity contribution in [1.82, 2.24) is 14.5 Å². The van der Waals surface area contributed by atoms with Gasteiger partial charge in [0.15, 0.2) is 0 Å². The predicted molar refractivity (Wildman–Crippen MR) is 98.1 cm³/mol. The summed E-state index contributed by atoms with van der Waals surface area (Å²) in [7, 11) is 0. The highest BCUT2D eigenvalue weighted by molar-refractivity contribution is 7.97. The van der Waals surface area contributed by atoms with Crippen LogP contribution < -0.4 is 0 Å². The summed E-state index contributed by atoms with van der Waals surface area (Å²) in [5, 5.41) is 8.18. The number of hydrogen-bond acceptors (Lipinski definition) is 3. The molecule has 0 aliphatic carbocycles. The topological polar surface area (TPSA) is 31.9 Å². The lowest BCUT2D eigenvalue weighted by molar-refractivity contribution is 0.264. The van der Waals surface area contributed by atoms with Crippen LogP contribution in [-0.2, 0) is 0 Å². The highest BCUT2D eigenvalue weighted by Crippen LogP contribution is 2.36. The van der Waals surface area contributed by atoms with Crippen LogP contribution in [0.4, 0.5) is 0 Å². The molecule has 1 aromatic heterocycles. The van der Waals surface area contributed by atoms with Gasteiger partial charge in [0.25, 0.3) is 0 Å². The van der Waals surface area contributed by atoms with Crippen LogP contribution >= 0.6 is 23.5 Å². The Balaban J connectivity index is 1.57. The zero-order chi connectivity index (χ0) is 16.4. The van der Waals surface area contributed by atoms with Crippen LogP contribution in [0.15, 0.2) is 29.2 Å². The molecule has 1 atom stereocenters. The number of aromatic nitrogens is 2. The predicted octanol–water partition coefficient (Wildman–Crippen LogP) is 5.20. The smallest absolute Gasteiger partial charge is 0.0743 e. The molecule has 3 nitrogen and oxygen atoms in total. The second-order valence-corrected chi connectivity index (χ2v) is 8.00. The molecule has 5 heteroatoms. The SMILES string of the molecule is Cc1n[nH]c(C)c1SN1CCC(C(C)c2ccc(Cl)cc2)CC1. The lowest BCUT2D eigenvalue weighted by Crippen LogP contribution is -2.30. The van der Waals surface area contributed by atoms with E-state index in [2.05, 4.69) is 47.4 Å². The van der Waals surface area contributed by atoms with Gasteiger partial charge in [-0.25, -0.2) is 4.31 Å². The van der Waals surface area contributed by atoms with Crippen LogP contribution in [-0.4, -0.2) is 27.6 Å². The standard InChI is InChI=1S/C18H24ClN3S/c1-12(15-4-6-17(19)7-5-15)16-8-10-22(11-9-16)23-18-13(2)20-21-14(18)3/h4-7,12,16H,8-11H2,1-3H3,(H,20,21). The molecule has 1 aromatic carbocycles. The fraction of sp³-hybridized carbons (Fsp3) is 0.500. The molecule has 0 bridgehead atoms. The minimum Gasteiger partial charge on any atom is -0.281 e. The number of halogens is 1. The molecule has 0 spiro atoms. The number of aromatic amines is 1. The number of nitrogens with zero attached hydrogens (tertiary/aromatic N) is 2. The van der Waals surface area contributed by atoms with E-state index in [-0.39, 0.29) is 0 Å². The molecule has 1 N–H and O–H groups in total. The summed E-state index contributed by atoms with van der Waals surface area (Å²) in [4.78, 5) is 1.29. The summed E-state index contributed by atoms with van der Waals surface area (Å²) in [6.07, 6.45) is 2.49. The monoisotopic (exact) mass is 349 g/mol. The number of aryl methyl sites for hydroxylation is 2. The molecule has 0 saturated carbocycles. The van der Waals surface area contributed by atoms with Gasteiger partial charge in [-0.05, 0) is 68.2 Å². The highest BCUT2D eigenvalue weighted by atomic mass is 35.5. The fourth-order valence-corrected chi connectivity index (χ4v) is 4.45. The van der Waals surface area contributed by atoms with Gasteiger partial charge in [-0.3, -0.25) is 5.10 Å². The Hall–Kier alpha value is -0.970. The van der Waals surface area contributed by atoms with Crippen LogP contribution in [0.2, 0.25) is 5.02 Å². The van der Waals surface area contributed by atoms with Crippen molar-refractivity contribution in [3.05, 3.63) is 46.2 Å². The van der Waals surface area contributed by atoms with E-state index in [1.54, 1.807) is 0 Å². The second kappa shape index (κ2) is 7.29. The maximum atomic E-state index is 6.00. The quantitative estimate of drug-likeness (QED) is 0.769. The Bertz CT molecular complexity index is 625. The zero-order valence-corrected chi connectivity index (χ0v) is 15.5. The summed E-state index contributed by atoms with van der Waals surface area (Å²) in [6.45, 7) is 8.79. The number of nitrogens with one attached hydrogen (secondary N) is 1. The largest absolute Gasteiger partial charge is 0.281 e. The Kier molecular flexibility index (Phi) is 5.34. The summed E-state index contributed by atoms with van der Waals surface area (Å²) in [5.74, 6) is 1.34. The Morgan fingerprint density at radius 1 is 1.22 bits per heavy atom. The van der Waals surface area contributed by atoms with Gasteiger partial charge in [-0.15, -0.1) is 0 Å². The lowest BCUT2D eigenvalue weighted by atomic mass is 9.82. The maximum absolute atomic E-state index is 6.00. The normalized spacial score (nSPS) is 18.3. The molecule has 1 saturated heterocycles. The average Bonchev–Trinajstić information content (AvgIpc) is 2.87. The number of H-pyrrole nitrogens is 1. The van der Waals surface area contributed by atoms with Gasteiger partial charge in [0.1, 0.15) is 0 Å². The molecule has 1 aliphatic rings. The van der Waals surface area contributed by atoms with Crippen molar-refractivity contribution in [3.63, 3.8) is 0 Å². The van der Waals surface area contributed by atoms with Crippen molar-refractivity contribution in [1.29, 1.82) is 0 Å². The first-order valence-electron chi connectivity index (χ1n) is 8.24. The number of rotatable bonds is 4. The minimum atomic E-state index is 0.594. The summed E-state index contributed by atoms with van der Waals surface area (Å²) >= 11 is 7.86. The molecule has 2 aromatic rings.